The molecule has 5 nitrogen and oxygen atoms in total. The Labute approximate surface area is 183 Å². The number of benzene rings is 1. The van der Waals surface area contributed by atoms with Crippen molar-refractivity contribution >= 4 is 17.7 Å². The highest BCUT2D eigenvalue weighted by Gasteiger charge is 2.17. The van der Waals surface area contributed by atoms with Gasteiger partial charge in [0.1, 0.15) is 0 Å². The zero-order valence-corrected chi connectivity index (χ0v) is 18.4. The number of aryl methyl sites for hydroxylation is 2. The first-order chi connectivity index (χ1) is 14.8. The van der Waals surface area contributed by atoms with E-state index in [0.29, 0.717) is 12.3 Å². The number of hydrogen-bond acceptors (Lipinski definition) is 5. The van der Waals surface area contributed by atoms with Gasteiger partial charge in [0.2, 0.25) is 5.91 Å². The summed E-state index contributed by atoms with van der Waals surface area (Å²) in [5, 5.41) is 0. The number of morpholine rings is 1. The molecule has 0 spiro atoms. The van der Waals surface area contributed by atoms with Crippen LogP contribution < -0.4 is 0 Å². The van der Waals surface area contributed by atoms with Gasteiger partial charge in [0.15, 0.2) is 0 Å². The Kier molecular flexibility index (Phi) is 7.78. The molecule has 160 valence electrons. The molecule has 0 bridgehead atoms. The van der Waals surface area contributed by atoms with E-state index in [-0.39, 0.29) is 5.91 Å². The van der Waals surface area contributed by atoms with Crippen molar-refractivity contribution in [3.8, 4) is 0 Å². The number of nitrogens with zero attached hydrogens (tertiary/aromatic N) is 3. The van der Waals surface area contributed by atoms with E-state index in [4.69, 9.17) is 4.74 Å². The Morgan fingerprint density at radius 2 is 1.90 bits per heavy atom. The molecule has 1 saturated heterocycles. The summed E-state index contributed by atoms with van der Waals surface area (Å²) in [6.45, 7) is 6.06. The molecular formula is C24H31N3O2S. The predicted octanol–water partition coefficient (Wildman–Crippen LogP) is 3.41. The molecule has 0 atom stereocenters. The third-order valence-electron chi connectivity index (χ3n) is 5.91. The van der Waals surface area contributed by atoms with Crippen LogP contribution in [0.15, 0.2) is 47.6 Å². The lowest BCUT2D eigenvalue weighted by Gasteiger charge is -2.28. The van der Waals surface area contributed by atoms with Gasteiger partial charge < -0.3 is 9.64 Å². The van der Waals surface area contributed by atoms with Crippen molar-refractivity contribution in [2.45, 2.75) is 37.1 Å². The summed E-state index contributed by atoms with van der Waals surface area (Å²) in [6, 6.07) is 10.7. The van der Waals surface area contributed by atoms with Crippen molar-refractivity contribution in [1.82, 2.24) is 14.8 Å². The van der Waals surface area contributed by atoms with Crippen LogP contribution in [0.4, 0.5) is 0 Å². The Balaban J connectivity index is 1.33. The van der Waals surface area contributed by atoms with E-state index >= 15 is 0 Å². The quantitative estimate of drug-likeness (QED) is 0.576. The molecule has 4 rings (SSSR count). The number of fused-ring (bicyclic) bond motifs is 1. The maximum absolute atomic E-state index is 13.1. The zero-order chi connectivity index (χ0) is 20.6. The molecule has 1 aromatic carbocycles. The van der Waals surface area contributed by atoms with E-state index in [1.165, 1.54) is 35.3 Å². The molecule has 30 heavy (non-hydrogen) atoms. The van der Waals surface area contributed by atoms with E-state index < -0.39 is 0 Å². The lowest BCUT2D eigenvalue weighted by molar-refractivity contribution is -0.129. The number of aromatic nitrogens is 1. The molecule has 1 aromatic heterocycles. The number of carbonyl (C=O) groups excluding carboxylic acids is 1. The number of thioether (sulfide) groups is 1. The average Bonchev–Trinajstić information content (AvgIpc) is 3.26. The van der Waals surface area contributed by atoms with Gasteiger partial charge in [-0.1, -0.05) is 6.07 Å². The predicted molar refractivity (Wildman–Crippen MR) is 121 cm³/mol. The van der Waals surface area contributed by atoms with Gasteiger partial charge in [-0.05, 0) is 66.6 Å². The maximum Gasteiger partial charge on any atom is 0.233 e. The van der Waals surface area contributed by atoms with Gasteiger partial charge >= 0.3 is 0 Å². The minimum Gasteiger partial charge on any atom is -0.379 e. The lowest BCUT2D eigenvalue weighted by Crippen LogP contribution is -2.39. The first-order valence-corrected chi connectivity index (χ1v) is 12.0. The van der Waals surface area contributed by atoms with Gasteiger partial charge in [-0.3, -0.25) is 14.7 Å². The molecule has 1 amide bonds. The SMILES string of the molecule is O=C(CSc1ccc2c(c1)CCC2)N(CCCN1CCOCC1)Cc1ccncc1. The fourth-order valence-electron chi connectivity index (χ4n) is 4.18. The van der Waals surface area contributed by atoms with Crippen LogP contribution in [-0.2, 0) is 28.9 Å². The van der Waals surface area contributed by atoms with Gasteiger partial charge in [0, 0.05) is 50.0 Å². The molecule has 0 N–H and O–H groups in total. The molecule has 1 fully saturated rings. The van der Waals surface area contributed by atoms with E-state index in [1.807, 2.05) is 17.0 Å². The van der Waals surface area contributed by atoms with E-state index in [0.717, 1.165) is 51.4 Å². The zero-order valence-electron chi connectivity index (χ0n) is 17.6. The van der Waals surface area contributed by atoms with Crippen LogP contribution in [0.25, 0.3) is 0 Å². The van der Waals surface area contributed by atoms with Crippen LogP contribution in [0, 0.1) is 0 Å². The third-order valence-corrected chi connectivity index (χ3v) is 6.89. The Morgan fingerprint density at radius 3 is 2.73 bits per heavy atom. The fraction of sp³-hybridized carbons (Fsp3) is 0.500. The van der Waals surface area contributed by atoms with Crippen molar-refractivity contribution in [3.63, 3.8) is 0 Å². The number of amides is 1. The number of ether oxygens (including phenoxy) is 1. The van der Waals surface area contributed by atoms with Gasteiger partial charge in [0.05, 0.1) is 19.0 Å². The summed E-state index contributed by atoms with van der Waals surface area (Å²) in [5.74, 6) is 0.695. The normalized spacial score (nSPS) is 16.4. The number of rotatable bonds is 9. The molecule has 1 aliphatic carbocycles. The highest BCUT2D eigenvalue weighted by Crippen LogP contribution is 2.27. The number of hydrogen-bond donors (Lipinski definition) is 0. The van der Waals surface area contributed by atoms with E-state index in [1.54, 1.807) is 24.2 Å². The molecular weight excluding hydrogens is 394 g/mol. The van der Waals surface area contributed by atoms with Crippen LogP contribution in [0.5, 0.6) is 0 Å². The van der Waals surface area contributed by atoms with Crippen molar-refractivity contribution in [1.29, 1.82) is 0 Å². The van der Waals surface area contributed by atoms with Crippen molar-refractivity contribution in [2.75, 3.05) is 45.1 Å². The average molecular weight is 426 g/mol. The smallest absolute Gasteiger partial charge is 0.233 e. The first-order valence-electron chi connectivity index (χ1n) is 11.0. The minimum absolute atomic E-state index is 0.208. The first kappa shape index (κ1) is 21.3. The summed E-state index contributed by atoms with van der Waals surface area (Å²) >= 11 is 1.66. The van der Waals surface area contributed by atoms with Crippen molar-refractivity contribution in [2.24, 2.45) is 0 Å². The summed E-state index contributed by atoms with van der Waals surface area (Å²) in [4.78, 5) is 22.8. The number of carbonyl (C=O) groups is 1. The second-order valence-electron chi connectivity index (χ2n) is 8.05. The molecule has 2 aliphatic rings. The summed E-state index contributed by atoms with van der Waals surface area (Å²) in [7, 11) is 0. The van der Waals surface area contributed by atoms with Crippen LogP contribution in [0.1, 0.15) is 29.5 Å². The van der Waals surface area contributed by atoms with E-state index in [2.05, 4.69) is 28.1 Å². The molecule has 0 unspecified atom stereocenters. The maximum atomic E-state index is 13.1. The molecule has 0 radical (unpaired) electrons. The van der Waals surface area contributed by atoms with Gasteiger partial charge in [-0.2, -0.15) is 0 Å². The van der Waals surface area contributed by atoms with Crippen LogP contribution in [-0.4, -0.2) is 65.8 Å². The lowest BCUT2D eigenvalue weighted by atomic mass is 10.1. The largest absolute Gasteiger partial charge is 0.379 e. The summed E-state index contributed by atoms with van der Waals surface area (Å²) < 4.78 is 5.43. The molecule has 0 saturated carbocycles. The fourth-order valence-corrected chi connectivity index (χ4v) is 5.05. The second kappa shape index (κ2) is 10.9. The topological polar surface area (TPSA) is 45.7 Å². The van der Waals surface area contributed by atoms with Crippen molar-refractivity contribution < 1.29 is 9.53 Å². The summed E-state index contributed by atoms with van der Waals surface area (Å²) in [5.41, 5.74) is 4.08. The van der Waals surface area contributed by atoms with Crippen LogP contribution in [0.2, 0.25) is 0 Å². The third kappa shape index (κ3) is 6.06. The standard InChI is InChI=1S/C24H31N3O2S/c28-24(19-30-23-6-5-21-3-1-4-22(21)17-23)27(18-20-7-9-25-10-8-20)12-2-11-26-13-15-29-16-14-26/h5-10,17H,1-4,11-16,18-19H2. The molecule has 2 aromatic rings. The van der Waals surface area contributed by atoms with Crippen LogP contribution >= 0.6 is 11.8 Å². The second-order valence-corrected chi connectivity index (χ2v) is 9.10. The van der Waals surface area contributed by atoms with Gasteiger partial charge in [-0.25, -0.2) is 0 Å². The summed E-state index contributed by atoms with van der Waals surface area (Å²) in [6.07, 6.45) is 8.21. The molecule has 2 heterocycles. The Bertz CT molecular complexity index is 824. The minimum atomic E-state index is 0.208. The molecule has 1 aliphatic heterocycles. The van der Waals surface area contributed by atoms with Gasteiger partial charge in [-0.15, -0.1) is 11.8 Å². The van der Waals surface area contributed by atoms with Crippen molar-refractivity contribution in [3.05, 3.63) is 59.4 Å². The highest BCUT2D eigenvalue weighted by atomic mass is 32.2. The molecule has 6 heteroatoms. The Hall–Kier alpha value is -1.89. The number of pyridine rings is 1. The monoisotopic (exact) mass is 425 g/mol. The van der Waals surface area contributed by atoms with E-state index in [9.17, 15) is 4.79 Å². The Morgan fingerprint density at radius 1 is 1.10 bits per heavy atom. The van der Waals surface area contributed by atoms with Crippen LogP contribution in [0.3, 0.4) is 0 Å². The highest BCUT2D eigenvalue weighted by molar-refractivity contribution is 8.00. The van der Waals surface area contributed by atoms with Gasteiger partial charge in [0.25, 0.3) is 0 Å².